The number of hydrogen-bond donors (Lipinski definition) is 1. The first kappa shape index (κ1) is 12.1. The van der Waals surface area contributed by atoms with Crippen LogP contribution in [0.2, 0.25) is 0 Å². The molecule has 0 unspecified atom stereocenters. The van der Waals surface area contributed by atoms with Crippen molar-refractivity contribution in [2.45, 2.75) is 19.6 Å². The topological polar surface area (TPSA) is 21.3 Å². The summed E-state index contributed by atoms with van der Waals surface area (Å²) in [4.78, 5) is 0. The lowest BCUT2D eigenvalue weighted by molar-refractivity contribution is 0.145. The first-order valence-corrected chi connectivity index (χ1v) is 4.78. The SMILES string of the molecule is COCc1ccccc1CNCC(F)F. The van der Waals surface area contributed by atoms with Gasteiger partial charge in [0.25, 0.3) is 6.43 Å². The molecule has 0 saturated heterocycles. The molecule has 4 heteroatoms. The molecule has 0 radical (unpaired) electrons. The van der Waals surface area contributed by atoms with Crippen LogP contribution >= 0.6 is 0 Å². The molecule has 0 aliphatic rings. The second-order valence-electron chi connectivity index (χ2n) is 3.22. The first-order chi connectivity index (χ1) is 7.24. The Kier molecular flexibility index (Phi) is 5.21. The molecule has 0 aliphatic heterocycles. The molecule has 0 fully saturated rings. The van der Waals surface area contributed by atoms with Crippen LogP contribution in [0.4, 0.5) is 8.78 Å². The van der Waals surface area contributed by atoms with Gasteiger partial charge in [0.15, 0.2) is 0 Å². The van der Waals surface area contributed by atoms with Crippen LogP contribution in [0, 0.1) is 0 Å². The van der Waals surface area contributed by atoms with Gasteiger partial charge in [-0.15, -0.1) is 0 Å². The molecule has 1 aromatic rings. The van der Waals surface area contributed by atoms with Crippen molar-refractivity contribution in [3.8, 4) is 0 Å². The highest BCUT2D eigenvalue weighted by Gasteiger charge is 2.03. The predicted octanol–water partition coefficient (Wildman–Crippen LogP) is 2.19. The van der Waals surface area contributed by atoms with E-state index in [0.717, 1.165) is 11.1 Å². The van der Waals surface area contributed by atoms with Crippen LogP contribution in [0.5, 0.6) is 0 Å². The van der Waals surface area contributed by atoms with Gasteiger partial charge >= 0.3 is 0 Å². The van der Waals surface area contributed by atoms with Crippen molar-refractivity contribution < 1.29 is 13.5 Å². The van der Waals surface area contributed by atoms with E-state index in [1.165, 1.54) is 0 Å². The fraction of sp³-hybridized carbons (Fsp3) is 0.455. The Morgan fingerprint density at radius 2 is 1.93 bits per heavy atom. The summed E-state index contributed by atoms with van der Waals surface area (Å²) in [6, 6.07) is 7.64. The fourth-order valence-electron chi connectivity index (χ4n) is 1.34. The monoisotopic (exact) mass is 215 g/mol. The molecule has 0 saturated carbocycles. The van der Waals surface area contributed by atoms with Gasteiger partial charge in [0.1, 0.15) is 0 Å². The Bertz CT molecular complexity index is 292. The second kappa shape index (κ2) is 6.48. The zero-order valence-electron chi connectivity index (χ0n) is 8.67. The van der Waals surface area contributed by atoms with Crippen LogP contribution in [0.1, 0.15) is 11.1 Å². The molecule has 0 amide bonds. The molecule has 0 spiro atoms. The lowest BCUT2D eigenvalue weighted by Crippen LogP contribution is -2.21. The molecule has 2 nitrogen and oxygen atoms in total. The molecule has 0 heterocycles. The quantitative estimate of drug-likeness (QED) is 0.785. The second-order valence-corrected chi connectivity index (χ2v) is 3.22. The highest BCUT2D eigenvalue weighted by atomic mass is 19.3. The van der Waals surface area contributed by atoms with Crippen molar-refractivity contribution >= 4 is 0 Å². The number of ether oxygens (including phenoxy) is 1. The van der Waals surface area contributed by atoms with Crippen LogP contribution in [0.15, 0.2) is 24.3 Å². The van der Waals surface area contributed by atoms with E-state index in [4.69, 9.17) is 4.74 Å². The largest absolute Gasteiger partial charge is 0.380 e. The molecular weight excluding hydrogens is 200 g/mol. The Morgan fingerprint density at radius 1 is 1.27 bits per heavy atom. The van der Waals surface area contributed by atoms with Gasteiger partial charge in [-0.2, -0.15) is 0 Å². The molecule has 1 rings (SSSR count). The van der Waals surface area contributed by atoms with Gasteiger partial charge < -0.3 is 10.1 Å². The third-order valence-electron chi connectivity index (χ3n) is 2.03. The molecule has 1 N–H and O–H groups in total. The van der Waals surface area contributed by atoms with E-state index in [2.05, 4.69) is 5.32 Å². The summed E-state index contributed by atoms with van der Waals surface area (Å²) in [6.45, 7) is 0.678. The Morgan fingerprint density at radius 3 is 2.53 bits per heavy atom. The highest BCUT2D eigenvalue weighted by Crippen LogP contribution is 2.09. The standard InChI is InChI=1S/C11H15F2NO/c1-15-8-10-5-3-2-4-9(10)6-14-7-11(12)13/h2-5,11,14H,6-8H2,1H3. The highest BCUT2D eigenvalue weighted by molar-refractivity contribution is 5.26. The van der Waals surface area contributed by atoms with Crippen LogP contribution in [0.3, 0.4) is 0 Å². The minimum Gasteiger partial charge on any atom is -0.380 e. The summed E-state index contributed by atoms with van der Waals surface area (Å²) in [5.41, 5.74) is 2.03. The van der Waals surface area contributed by atoms with Gasteiger partial charge in [0.2, 0.25) is 0 Å². The van der Waals surface area contributed by atoms with Crippen LogP contribution in [0.25, 0.3) is 0 Å². The smallest absolute Gasteiger partial charge is 0.250 e. The van der Waals surface area contributed by atoms with Gasteiger partial charge in [-0.05, 0) is 11.1 Å². The molecule has 0 aromatic heterocycles. The number of benzene rings is 1. The zero-order valence-corrected chi connectivity index (χ0v) is 8.67. The van der Waals surface area contributed by atoms with E-state index in [-0.39, 0.29) is 6.54 Å². The number of nitrogens with one attached hydrogen (secondary N) is 1. The van der Waals surface area contributed by atoms with Crippen molar-refractivity contribution in [2.24, 2.45) is 0 Å². The maximum absolute atomic E-state index is 11.9. The summed E-state index contributed by atoms with van der Waals surface area (Å²) >= 11 is 0. The Labute approximate surface area is 88.3 Å². The van der Waals surface area contributed by atoms with Gasteiger partial charge in [0.05, 0.1) is 13.2 Å². The normalized spacial score (nSPS) is 10.9. The van der Waals surface area contributed by atoms with Crippen LogP contribution in [-0.2, 0) is 17.9 Å². The average Bonchev–Trinajstić information content (AvgIpc) is 2.20. The molecule has 1 aromatic carbocycles. The summed E-state index contributed by atoms with van der Waals surface area (Å²) in [6.07, 6.45) is -2.31. The lowest BCUT2D eigenvalue weighted by Gasteiger charge is -2.09. The molecule has 0 atom stereocenters. The number of hydrogen-bond acceptors (Lipinski definition) is 2. The molecule has 0 aliphatic carbocycles. The van der Waals surface area contributed by atoms with Crippen molar-refractivity contribution in [1.29, 1.82) is 0 Å². The van der Waals surface area contributed by atoms with Crippen LogP contribution in [-0.4, -0.2) is 20.1 Å². The van der Waals surface area contributed by atoms with Crippen molar-refractivity contribution in [1.82, 2.24) is 5.32 Å². The van der Waals surface area contributed by atoms with E-state index < -0.39 is 6.43 Å². The number of rotatable bonds is 6. The van der Waals surface area contributed by atoms with E-state index in [0.29, 0.717) is 13.2 Å². The minimum absolute atomic E-state index is 0.276. The van der Waals surface area contributed by atoms with Crippen molar-refractivity contribution in [2.75, 3.05) is 13.7 Å². The average molecular weight is 215 g/mol. The van der Waals surface area contributed by atoms with Crippen LogP contribution < -0.4 is 5.32 Å². The van der Waals surface area contributed by atoms with Crippen molar-refractivity contribution in [3.63, 3.8) is 0 Å². The summed E-state index contributed by atoms with van der Waals surface area (Å²) in [7, 11) is 1.61. The molecular formula is C11H15F2NO. The zero-order chi connectivity index (χ0) is 11.1. The summed E-state index contributed by atoms with van der Waals surface area (Å²) in [5.74, 6) is 0. The fourth-order valence-corrected chi connectivity index (χ4v) is 1.34. The van der Waals surface area contributed by atoms with E-state index in [9.17, 15) is 8.78 Å². The van der Waals surface area contributed by atoms with E-state index >= 15 is 0 Å². The predicted molar refractivity (Wildman–Crippen MR) is 54.9 cm³/mol. The minimum atomic E-state index is -2.31. The third-order valence-corrected chi connectivity index (χ3v) is 2.03. The summed E-state index contributed by atoms with van der Waals surface area (Å²) in [5, 5.41) is 2.69. The molecule has 15 heavy (non-hydrogen) atoms. The number of alkyl halides is 2. The maximum atomic E-state index is 11.9. The van der Waals surface area contributed by atoms with Gasteiger partial charge in [-0.25, -0.2) is 8.78 Å². The Balaban J connectivity index is 2.51. The Hall–Kier alpha value is -1.00. The lowest BCUT2D eigenvalue weighted by atomic mass is 10.1. The van der Waals surface area contributed by atoms with Gasteiger partial charge in [-0.3, -0.25) is 0 Å². The van der Waals surface area contributed by atoms with Gasteiger partial charge in [0, 0.05) is 13.7 Å². The molecule has 0 bridgehead atoms. The number of methoxy groups -OCH3 is 1. The third kappa shape index (κ3) is 4.36. The molecule has 84 valence electrons. The maximum Gasteiger partial charge on any atom is 0.250 e. The summed E-state index contributed by atoms with van der Waals surface area (Å²) < 4.78 is 28.8. The van der Waals surface area contributed by atoms with E-state index in [1.807, 2.05) is 24.3 Å². The first-order valence-electron chi connectivity index (χ1n) is 4.78. The van der Waals surface area contributed by atoms with E-state index in [1.54, 1.807) is 7.11 Å². The van der Waals surface area contributed by atoms with Crippen molar-refractivity contribution in [3.05, 3.63) is 35.4 Å². The number of halogens is 2. The van der Waals surface area contributed by atoms with Gasteiger partial charge in [-0.1, -0.05) is 24.3 Å².